The third-order valence-electron chi connectivity index (χ3n) is 3.03. The van der Waals surface area contributed by atoms with Crippen molar-refractivity contribution in [3.63, 3.8) is 0 Å². The summed E-state index contributed by atoms with van der Waals surface area (Å²) in [4.78, 5) is 5.22. The average molecular weight is 290 g/mol. The number of aromatic nitrogens is 1. The van der Waals surface area contributed by atoms with Gasteiger partial charge in [-0.3, -0.25) is 0 Å². The minimum absolute atomic E-state index is 0.315. The Labute approximate surface area is 112 Å². The molecule has 2 rings (SSSR count). The van der Waals surface area contributed by atoms with Crippen molar-refractivity contribution in [3.8, 4) is 0 Å². The zero-order chi connectivity index (χ0) is 13.2. The maximum Gasteiger partial charge on any atom is 0.219 e. The Morgan fingerprint density at radius 1 is 1.61 bits per heavy atom. The second-order valence-corrected chi connectivity index (χ2v) is 7.88. The molecule has 0 radical (unpaired) electrons. The van der Waals surface area contributed by atoms with Crippen LogP contribution in [-0.2, 0) is 27.7 Å². The van der Waals surface area contributed by atoms with Crippen LogP contribution in [0.2, 0.25) is 0 Å². The van der Waals surface area contributed by atoms with E-state index in [0.29, 0.717) is 26.2 Å². The molecule has 1 fully saturated rings. The number of nitrogens with zero attached hydrogens (tertiary/aromatic N) is 2. The van der Waals surface area contributed by atoms with Crippen LogP contribution in [0.1, 0.15) is 23.2 Å². The van der Waals surface area contributed by atoms with Crippen LogP contribution in [0.5, 0.6) is 0 Å². The van der Waals surface area contributed by atoms with E-state index in [0.717, 1.165) is 16.3 Å². The molecule has 1 aliphatic heterocycles. The molecule has 0 spiro atoms. The van der Waals surface area contributed by atoms with E-state index in [1.54, 1.807) is 24.6 Å². The first-order chi connectivity index (χ1) is 8.54. The Bertz CT molecular complexity index is 492. The monoisotopic (exact) mass is 290 g/mol. The van der Waals surface area contributed by atoms with Gasteiger partial charge in [-0.15, -0.1) is 11.3 Å². The molecule has 1 aliphatic rings. The number of hydrogen-bond donors (Lipinski definition) is 0. The van der Waals surface area contributed by atoms with Gasteiger partial charge in [0.05, 0.1) is 11.6 Å². The van der Waals surface area contributed by atoms with Crippen molar-refractivity contribution >= 4 is 21.4 Å². The molecule has 1 aromatic heterocycles. The van der Waals surface area contributed by atoms with Crippen LogP contribution in [0.25, 0.3) is 0 Å². The minimum atomic E-state index is -3.25. The van der Waals surface area contributed by atoms with Crippen molar-refractivity contribution in [3.05, 3.63) is 16.1 Å². The van der Waals surface area contributed by atoms with E-state index in [1.807, 2.05) is 6.92 Å². The number of sulfonamides is 1. The highest BCUT2D eigenvalue weighted by molar-refractivity contribution is 7.89. The largest absolute Gasteiger partial charge is 0.380 e. The number of ether oxygens (including phenoxy) is 1. The highest BCUT2D eigenvalue weighted by Gasteiger charge is 2.33. The van der Waals surface area contributed by atoms with Crippen LogP contribution in [0, 0.1) is 0 Å². The highest BCUT2D eigenvalue weighted by Crippen LogP contribution is 2.21. The van der Waals surface area contributed by atoms with Crippen LogP contribution in [-0.4, -0.2) is 43.2 Å². The number of rotatable bonds is 5. The molecule has 102 valence electrons. The number of hydrogen-bond acceptors (Lipinski definition) is 5. The Morgan fingerprint density at radius 2 is 2.39 bits per heavy atom. The molecule has 0 saturated carbocycles. The Hall–Kier alpha value is -0.500. The second kappa shape index (κ2) is 5.64. The molecule has 0 N–H and O–H groups in total. The van der Waals surface area contributed by atoms with Crippen molar-refractivity contribution in [1.29, 1.82) is 0 Å². The Morgan fingerprint density at radius 3 is 2.94 bits per heavy atom. The summed E-state index contributed by atoms with van der Waals surface area (Å²) in [5.74, 6) is 0. The molecule has 2 heterocycles. The minimum Gasteiger partial charge on any atom is -0.380 e. The third-order valence-corrected chi connectivity index (χ3v) is 6.36. The summed E-state index contributed by atoms with van der Waals surface area (Å²) in [6.07, 6.45) is 3.24. The molecule has 0 aliphatic carbocycles. The first kappa shape index (κ1) is 13.9. The summed E-state index contributed by atoms with van der Waals surface area (Å²) in [6, 6.07) is 0. The molecule has 1 saturated heterocycles. The summed E-state index contributed by atoms with van der Waals surface area (Å²) < 4.78 is 31.1. The zero-order valence-electron chi connectivity index (χ0n) is 10.6. The summed E-state index contributed by atoms with van der Waals surface area (Å²) in [7, 11) is -1.62. The van der Waals surface area contributed by atoms with E-state index < -0.39 is 10.0 Å². The molecular formula is C11H18N2O3S2. The number of aryl methyl sites for hydroxylation is 1. The van der Waals surface area contributed by atoms with Crippen LogP contribution >= 0.6 is 11.3 Å². The lowest BCUT2D eigenvalue weighted by Gasteiger charge is -2.19. The van der Waals surface area contributed by atoms with Gasteiger partial charge in [0.25, 0.3) is 0 Å². The van der Waals surface area contributed by atoms with Gasteiger partial charge < -0.3 is 4.74 Å². The third kappa shape index (κ3) is 2.90. The summed E-state index contributed by atoms with van der Waals surface area (Å²) in [6.45, 7) is 3.29. The van der Waals surface area contributed by atoms with Gasteiger partial charge in [-0.05, 0) is 12.8 Å². The van der Waals surface area contributed by atoms with Gasteiger partial charge in [-0.2, -0.15) is 4.31 Å². The van der Waals surface area contributed by atoms with E-state index in [4.69, 9.17) is 4.74 Å². The molecule has 0 bridgehead atoms. The normalized spacial score (nSPS) is 20.7. The van der Waals surface area contributed by atoms with Gasteiger partial charge in [0.2, 0.25) is 10.0 Å². The number of thiazole rings is 1. The van der Waals surface area contributed by atoms with Gasteiger partial charge >= 0.3 is 0 Å². The lowest BCUT2D eigenvalue weighted by molar-refractivity contribution is 0.198. The van der Waals surface area contributed by atoms with Gasteiger partial charge in [-0.25, -0.2) is 13.4 Å². The highest BCUT2D eigenvalue weighted by atomic mass is 32.2. The lowest BCUT2D eigenvalue weighted by atomic mass is 10.4. The van der Waals surface area contributed by atoms with Crippen molar-refractivity contribution in [1.82, 2.24) is 9.29 Å². The standard InChI is InChI=1S/C11H18N2O3S2/c1-3-11-12-6-9(17-11)7-13(2)18(14,15)10-4-5-16-8-10/h6,10H,3-5,7-8H2,1-2H3. The molecule has 1 atom stereocenters. The molecule has 5 nitrogen and oxygen atoms in total. The molecule has 7 heteroatoms. The summed E-state index contributed by atoms with van der Waals surface area (Å²) in [5, 5.41) is 0.654. The van der Waals surface area contributed by atoms with Crippen molar-refractivity contribution < 1.29 is 13.2 Å². The Kier molecular flexibility index (Phi) is 4.37. The fourth-order valence-corrected chi connectivity index (χ4v) is 4.38. The van der Waals surface area contributed by atoms with E-state index in [2.05, 4.69) is 4.98 Å². The maximum atomic E-state index is 12.2. The smallest absolute Gasteiger partial charge is 0.219 e. The quantitative estimate of drug-likeness (QED) is 0.819. The molecule has 1 aromatic rings. The lowest BCUT2D eigenvalue weighted by Crippen LogP contribution is -2.35. The first-order valence-corrected chi connectivity index (χ1v) is 8.32. The molecule has 0 aromatic carbocycles. The molecule has 1 unspecified atom stereocenters. The van der Waals surface area contributed by atoms with Gasteiger partial charge in [0, 0.05) is 31.3 Å². The topological polar surface area (TPSA) is 59.5 Å². The second-order valence-electron chi connectivity index (χ2n) is 4.36. The molecule has 18 heavy (non-hydrogen) atoms. The van der Waals surface area contributed by atoms with Gasteiger partial charge in [0.1, 0.15) is 5.25 Å². The molecular weight excluding hydrogens is 272 g/mol. The van der Waals surface area contributed by atoms with Crippen LogP contribution in [0.4, 0.5) is 0 Å². The van der Waals surface area contributed by atoms with Crippen LogP contribution in [0.15, 0.2) is 6.20 Å². The van der Waals surface area contributed by atoms with Crippen molar-refractivity contribution in [2.45, 2.75) is 31.6 Å². The summed E-state index contributed by atoms with van der Waals surface area (Å²) >= 11 is 1.57. The van der Waals surface area contributed by atoms with Gasteiger partial charge in [-0.1, -0.05) is 6.92 Å². The summed E-state index contributed by atoms with van der Waals surface area (Å²) in [5.41, 5.74) is 0. The van der Waals surface area contributed by atoms with Gasteiger partial charge in [0.15, 0.2) is 0 Å². The average Bonchev–Trinajstić information content (AvgIpc) is 2.99. The fraction of sp³-hybridized carbons (Fsp3) is 0.727. The van der Waals surface area contributed by atoms with Crippen molar-refractivity contribution in [2.24, 2.45) is 0 Å². The fourth-order valence-electron chi connectivity index (χ4n) is 1.90. The first-order valence-electron chi connectivity index (χ1n) is 6.00. The Balaban J connectivity index is 2.04. The molecule has 0 amide bonds. The zero-order valence-corrected chi connectivity index (χ0v) is 12.3. The van der Waals surface area contributed by atoms with E-state index in [-0.39, 0.29) is 5.25 Å². The predicted octanol–water partition coefficient (Wildman–Crippen LogP) is 1.26. The van der Waals surface area contributed by atoms with E-state index in [9.17, 15) is 8.42 Å². The van der Waals surface area contributed by atoms with Crippen LogP contribution < -0.4 is 0 Å². The van der Waals surface area contributed by atoms with E-state index in [1.165, 1.54) is 4.31 Å². The maximum absolute atomic E-state index is 12.2. The van der Waals surface area contributed by atoms with E-state index >= 15 is 0 Å². The van der Waals surface area contributed by atoms with Crippen molar-refractivity contribution in [2.75, 3.05) is 20.3 Å². The predicted molar refractivity (Wildman–Crippen MR) is 71.1 cm³/mol. The SMILES string of the molecule is CCc1ncc(CN(C)S(=O)(=O)C2CCOC2)s1. The van der Waals surface area contributed by atoms with Crippen LogP contribution in [0.3, 0.4) is 0 Å².